The van der Waals surface area contributed by atoms with E-state index in [1.165, 1.54) is 7.11 Å². The lowest BCUT2D eigenvalue weighted by Crippen LogP contribution is -2.51. The van der Waals surface area contributed by atoms with E-state index < -0.39 is 24.3 Å². The fourth-order valence-corrected chi connectivity index (χ4v) is 8.58. The van der Waals surface area contributed by atoms with Crippen LogP contribution in [0.5, 0.6) is 11.5 Å². The Labute approximate surface area is 360 Å². The van der Waals surface area contributed by atoms with Gasteiger partial charge in [0.15, 0.2) is 0 Å². The lowest BCUT2D eigenvalue weighted by atomic mass is 9.96. The quantitative estimate of drug-likeness (QED) is 0.106. The second kappa shape index (κ2) is 17.7. The summed E-state index contributed by atoms with van der Waals surface area (Å²) in [6.45, 7) is 13.3. The van der Waals surface area contributed by atoms with Crippen LogP contribution in [-0.2, 0) is 14.3 Å². The third kappa shape index (κ3) is 9.14. The molecule has 2 aromatic carbocycles. The fraction of sp³-hybridized carbons (Fsp3) is 0.500. The number of H-pyrrole nitrogens is 2. The Morgan fingerprint density at radius 2 is 1.38 bits per heavy atom. The maximum atomic E-state index is 13.8. The number of carbonyl (C=O) groups excluding carboxylic acids is 3. The molecule has 4 atom stereocenters. The first-order chi connectivity index (χ1) is 29.0. The monoisotopic (exact) mass is 858 g/mol. The van der Waals surface area contributed by atoms with Crippen LogP contribution >= 0.6 is 11.6 Å². The molecule has 7 rings (SSSR count). The second-order valence-electron chi connectivity index (χ2n) is 17.5. The van der Waals surface area contributed by atoms with Crippen LogP contribution in [-0.4, -0.2) is 104 Å². The highest BCUT2D eigenvalue weighted by atomic mass is 35.5. The number of nitrogens with zero attached hydrogens (tertiary/aromatic N) is 4. The maximum Gasteiger partial charge on any atom is 0.407 e. The van der Waals surface area contributed by atoms with Gasteiger partial charge in [-0.15, -0.1) is 0 Å². The SMILES string of the molecule is COC(=O)N[C@H](C(=O)N1CCC[C@H]1c1nc(-c2ccc3c(c2)OCC(C)(C)COc2cc(-c4cnc([C@@H]5CCCN5C(=O)[C@@H](NC(=O)O)C(C)C)[nH]4)ccc2-3)c(Cl)[nH]1)C(C)C. The minimum atomic E-state index is -1.23. The summed E-state index contributed by atoms with van der Waals surface area (Å²) < 4.78 is 17.9. The highest BCUT2D eigenvalue weighted by Crippen LogP contribution is 2.44. The molecule has 0 bridgehead atoms. The van der Waals surface area contributed by atoms with Gasteiger partial charge in [0.1, 0.15) is 46.1 Å². The number of ether oxygens (including phenoxy) is 3. The number of carboxylic acid groups (broad SMARTS) is 1. The third-order valence-corrected chi connectivity index (χ3v) is 11.9. The van der Waals surface area contributed by atoms with Gasteiger partial charge in [-0.3, -0.25) is 9.59 Å². The summed E-state index contributed by atoms with van der Waals surface area (Å²) in [4.78, 5) is 70.7. The molecule has 5 N–H and O–H groups in total. The van der Waals surface area contributed by atoms with Crippen LogP contribution in [0.15, 0.2) is 42.6 Å². The van der Waals surface area contributed by atoms with E-state index in [-0.39, 0.29) is 41.1 Å². The normalized spacial score (nSPS) is 19.4. The number of nitrogens with one attached hydrogen (secondary N) is 4. The average Bonchev–Trinajstić information content (AvgIpc) is 4.06. The zero-order valence-electron chi connectivity index (χ0n) is 35.6. The van der Waals surface area contributed by atoms with Crippen molar-refractivity contribution in [3.63, 3.8) is 0 Å². The number of aromatic amines is 2. The summed E-state index contributed by atoms with van der Waals surface area (Å²) in [6.07, 6.45) is 2.79. The van der Waals surface area contributed by atoms with E-state index in [4.69, 9.17) is 35.8 Å². The van der Waals surface area contributed by atoms with Crippen molar-refractivity contribution in [2.24, 2.45) is 17.3 Å². The first-order valence-corrected chi connectivity index (χ1v) is 21.2. The van der Waals surface area contributed by atoms with Gasteiger partial charge in [-0.1, -0.05) is 65.3 Å². The first-order valence-electron chi connectivity index (χ1n) is 20.8. The molecule has 0 radical (unpaired) electrons. The molecule has 2 saturated heterocycles. The molecule has 5 heterocycles. The van der Waals surface area contributed by atoms with Gasteiger partial charge in [-0.2, -0.15) is 0 Å². The molecular weight excluding hydrogens is 804 g/mol. The first kappa shape index (κ1) is 43.3. The van der Waals surface area contributed by atoms with Crippen LogP contribution in [0.2, 0.25) is 5.15 Å². The predicted octanol–water partition coefficient (Wildman–Crippen LogP) is 7.58. The minimum Gasteiger partial charge on any atom is -0.492 e. The summed E-state index contributed by atoms with van der Waals surface area (Å²) in [5.74, 6) is 1.64. The van der Waals surface area contributed by atoms with Crippen LogP contribution in [0, 0.1) is 17.3 Å². The van der Waals surface area contributed by atoms with Crippen molar-refractivity contribution >= 4 is 35.6 Å². The molecule has 3 aliphatic heterocycles. The molecule has 4 amide bonds. The van der Waals surface area contributed by atoms with E-state index in [0.29, 0.717) is 73.1 Å². The van der Waals surface area contributed by atoms with Crippen LogP contribution in [0.3, 0.4) is 0 Å². The van der Waals surface area contributed by atoms with Crippen molar-refractivity contribution in [1.82, 2.24) is 40.4 Å². The number of carbonyl (C=O) groups is 4. The topological polar surface area (TPSA) is 204 Å². The van der Waals surface area contributed by atoms with Gasteiger partial charge < -0.3 is 49.7 Å². The molecule has 0 saturated carbocycles. The van der Waals surface area contributed by atoms with Gasteiger partial charge in [-0.25, -0.2) is 19.6 Å². The standard InChI is InChI=1S/C44H55ClN8O8/c1-23(2)34(49-42(56)57)40(54)52-16-8-10-30(52)38-46-20-29(47-38)25-12-14-27-28-15-13-26(19-33(28)61-22-44(5,6)21-60-32(27)18-25)36-37(45)51-39(48-36)31-11-9-17-53(31)41(55)35(24(3)4)50-43(58)59-7/h12-15,18-20,23-24,30-31,34-35,49H,8-11,16-17,21-22H2,1-7H3,(H,46,47)(H,48,51)(H,50,58)(H,56,57)/t30-,31-,34-,35-/m0/s1. The molecule has 17 heteroatoms. The number of fused-ring (bicyclic) bond motifs is 3. The molecule has 0 unspecified atom stereocenters. The van der Waals surface area contributed by atoms with Crippen molar-refractivity contribution in [1.29, 1.82) is 0 Å². The van der Waals surface area contributed by atoms with Gasteiger partial charge in [0.25, 0.3) is 0 Å². The number of benzene rings is 2. The molecule has 16 nitrogen and oxygen atoms in total. The molecule has 0 spiro atoms. The second-order valence-corrected chi connectivity index (χ2v) is 17.9. The summed E-state index contributed by atoms with van der Waals surface area (Å²) in [5.41, 5.74) is 4.14. The van der Waals surface area contributed by atoms with Crippen LogP contribution in [0.1, 0.15) is 91.0 Å². The third-order valence-electron chi connectivity index (χ3n) is 11.7. The summed E-state index contributed by atoms with van der Waals surface area (Å²) in [7, 11) is 1.27. The number of imidazole rings is 2. The maximum absolute atomic E-state index is 13.8. The molecule has 3 aliphatic rings. The number of hydrogen-bond acceptors (Lipinski definition) is 9. The molecule has 326 valence electrons. The molecule has 0 aliphatic carbocycles. The van der Waals surface area contributed by atoms with Crippen molar-refractivity contribution in [3.05, 3.63) is 59.4 Å². The van der Waals surface area contributed by atoms with Crippen LogP contribution in [0.25, 0.3) is 33.6 Å². The minimum absolute atomic E-state index is 0.163. The molecule has 2 fully saturated rings. The highest BCUT2D eigenvalue weighted by Gasteiger charge is 2.39. The van der Waals surface area contributed by atoms with Gasteiger partial charge in [-0.05, 0) is 61.8 Å². The Bertz CT molecular complexity index is 2290. The van der Waals surface area contributed by atoms with Gasteiger partial charge in [0.2, 0.25) is 11.8 Å². The molecule has 2 aromatic heterocycles. The van der Waals surface area contributed by atoms with Gasteiger partial charge in [0, 0.05) is 40.8 Å². The Morgan fingerprint density at radius 3 is 1.93 bits per heavy atom. The largest absolute Gasteiger partial charge is 0.492 e. The molecule has 4 aromatic rings. The fourth-order valence-electron chi connectivity index (χ4n) is 8.34. The number of rotatable bonds is 10. The number of alkyl carbamates (subject to hydrolysis) is 1. The van der Waals surface area contributed by atoms with Crippen LogP contribution in [0.4, 0.5) is 9.59 Å². The smallest absolute Gasteiger partial charge is 0.407 e. The van der Waals surface area contributed by atoms with Crippen molar-refractivity contribution < 1.29 is 38.5 Å². The number of aromatic nitrogens is 4. The van der Waals surface area contributed by atoms with E-state index >= 15 is 0 Å². The van der Waals surface area contributed by atoms with Gasteiger partial charge >= 0.3 is 12.2 Å². The van der Waals surface area contributed by atoms with E-state index in [0.717, 1.165) is 40.8 Å². The highest BCUT2D eigenvalue weighted by molar-refractivity contribution is 6.32. The van der Waals surface area contributed by atoms with E-state index in [1.54, 1.807) is 16.0 Å². The lowest BCUT2D eigenvalue weighted by Gasteiger charge is -2.29. The van der Waals surface area contributed by atoms with E-state index in [9.17, 15) is 24.3 Å². The lowest BCUT2D eigenvalue weighted by molar-refractivity contribution is -0.136. The number of halogens is 1. The zero-order chi connectivity index (χ0) is 43.7. The Morgan fingerprint density at radius 1 is 0.836 bits per heavy atom. The number of likely N-dealkylation sites (tertiary alicyclic amines) is 2. The predicted molar refractivity (Wildman–Crippen MR) is 228 cm³/mol. The number of hydrogen-bond donors (Lipinski definition) is 5. The number of amides is 4. The Kier molecular flexibility index (Phi) is 12.6. The van der Waals surface area contributed by atoms with Crippen molar-refractivity contribution in [2.75, 3.05) is 33.4 Å². The van der Waals surface area contributed by atoms with E-state index in [1.807, 2.05) is 64.1 Å². The Hall–Kier alpha value is -5.77. The zero-order valence-corrected chi connectivity index (χ0v) is 36.4. The summed E-state index contributed by atoms with van der Waals surface area (Å²) in [6, 6.07) is 9.51. The molecular formula is C44H55ClN8O8. The van der Waals surface area contributed by atoms with Gasteiger partial charge in [0.05, 0.1) is 44.3 Å². The van der Waals surface area contributed by atoms with Crippen molar-refractivity contribution in [2.45, 2.75) is 91.4 Å². The summed E-state index contributed by atoms with van der Waals surface area (Å²) in [5, 5.41) is 14.8. The molecule has 61 heavy (non-hydrogen) atoms. The van der Waals surface area contributed by atoms with Crippen LogP contribution < -0.4 is 20.1 Å². The Balaban J connectivity index is 1.16. The summed E-state index contributed by atoms with van der Waals surface area (Å²) >= 11 is 6.86. The number of methoxy groups -OCH3 is 1. The van der Waals surface area contributed by atoms with Crippen molar-refractivity contribution in [3.8, 4) is 45.1 Å². The van der Waals surface area contributed by atoms with E-state index in [2.05, 4.69) is 34.4 Å². The average molecular weight is 859 g/mol.